The van der Waals surface area contributed by atoms with Crippen molar-refractivity contribution in [3.05, 3.63) is 53.3 Å². The highest BCUT2D eigenvalue weighted by molar-refractivity contribution is 6.04. The van der Waals surface area contributed by atoms with E-state index in [0.29, 0.717) is 37.9 Å². The molecule has 9 nitrogen and oxygen atoms in total. The number of aliphatic imine (C=N–C) groups is 1. The molecule has 0 bridgehead atoms. The molecule has 3 aromatic rings. The fraction of sp³-hybridized carbons (Fsp3) is 0.278. The lowest BCUT2D eigenvalue weighted by atomic mass is 10.0. The number of hydrogen-bond acceptors (Lipinski definition) is 8. The van der Waals surface area contributed by atoms with Crippen molar-refractivity contribution < 1.29 is 9.32 Å². The Morgan fingerprint density at radius 3 is 3.00 bits per heavy atom. The molecule has 0 fully saturated rings. The molecule has 2 aliphatic rings. The van der Waals surface area contributed by atoms with Gasteiger partial charge in [-0.05, 0) is 12.8 Å². The number of aromatic nitrogens is 5. The highest BCUT2D eigenvalue weighted by atomic mass is 16.5. The molecule has 9 heteroatoms. The van der Waals surface area contributed by atoms with Gasteiger partial charge in [-0.25, -0.2) is 24.9 Å². The number of nitrogens with zero attached hydrogens (tertiary/aromatic N) is 6. The van der Waals surface area contributed by atoms with E-state index in [2.05, 4.69) is 35.4 Å². The molecule has 0 aromatic carbocycles. The second kappa shape index (κ2) is 6.35. The minimum atomic E-state index is -0.00458. The molecule has 134 valence electrons. The highest BCUT2D eigenvalue weighted by Crippen LogP contribution is 2.26. The monoisotopic (exact) mass is 361 g/mol. The molecule has 3 aromatic heterocycles. The van der Waals surface area contributed by atoms with E-state index in [1.807, 2.05) is 6.07 Å². The maximum atomic E-state index is 11.5. The Hall–Kier alpha value is -3.49. The van der Waals surface area contributed by atoms with E-state index in [0.717, 1.165) is 39.8 Å². The minimum Gasteiger partial charge on any atom is -0.361 e. The standard InChI is InChI=1S/C18H15N7O2/c26-17-4-2-11-12(21-9-22-18(11)24-17)3-1-10-5-15(25-27-10)14-6-13-16(23-14)7-19-8-20-13/h5,7-9H,1-4,6H2,(H,21,22,24,26). The van der Waals surface area contributed by atoms with E-state index in [9.17, 15) is 4.79 Å². The van der Waals surface area contributed by atoms with Crippen LogP contribution in [0.15, 0.2) is 34.4 Å². The van der Waals surface area contributed by atoms with Crippen LogP contribution in [-0.4, -0.2) is 36.7 Å². The number of nitrogens with one attached hydrogen (secondary N) is 1. The van der Waals surface area contributed by atoms with E-state index < -0.39 is 0 Å². The van der Waals surface area contributed by atoms with Crippen LogP contribution < -0.4 is 5.32 Å². The maximum Gasteiger partial charge on any atom is 0.225 e. The summed E-state index contributed by atoms with van der Waals surface area (Å²) in [7, 11) is 0. The van der Waals surface area contributed by atoms with Gasteiger partial charge in [0.2, 0.25) is 5.91 Å². The third-order valence-electron chi connectivity index (χ3n) is 4.72. The summed E-state index contributed by atoms with van der Waals surface area (Å²) < 4.78 is 5.48. The van der Waals surface area contributed by atoms with Gasteiger partial charge in [0.05, 0.1) is 17.6 Å². The Balaban J connectivity index is 1.30. The average molecular weight is 361 g/mol. The van der Waals surface area contributed by atoms with Crippen molar-refractivity contribution in [3.8, 4) is 0 Å². The van der Waals surface area contributed by atoms with Gasteiger partial charge in [0, 0.05) is 36.6 Å². The molecule has 0 unspecified atom stereocenters. The number of rotatable bonds is 4. The smallest absolute Gasteiger partial charge is 0.225 e. The Labute approximate surface area is 154 Å². The predicted octanol–water partition coefficient (Wildman–Crippen LogP) is 1.60. The van der Waals surface area contributed by atoms with Crippen molar-refractivity contribution in [1.29, 1.82) is 0 Å². The first-order valence-electron chi connectivity index (χ1n) is 8.71. The SMILES string of the molecule is O=C1CCc2c(CCc3cc(C4=Nc5cncnc5C4)no3)ncnc2N1. The second-order valence-electron chi connectivity index (χ2n) is 6.46. The number of anilines is 1. The van der Waals surface area contributed by atoms with Gasteiger partial charge in [0.25, 0.3) is 0 Å². The highest BCUT2D eigenvalue weighted by Gasteiger charge is 2.22. The first-order valence-corrected chi connectivity index (χ1v) is 8.71. The fourth-order valence-corrected chi connectivity index (χ4v) is 3.34. The first-order chi connectivity index (χ1) is 13.3. The van der Waals surface area contributed by atoms with Gasteiger partial charge in [0.15, 0.2) is 0 Å². The van der Waals surface area contributed by atoms with E-state index in [1.165, 1.54) is 12.7 Å². The maximum absolute atomic E-state index is 11.5. The molecule has 1 amide bonds. The third kappa shape index (κ3) is 2.97. The van der Waals surface area contributed by atoms with Crippen molar-refractivity contribution in [2.45, 2.75) is 32.1 Å². The Morgan fingerprint density at radius 2 is 2.07 bits per heavy atom. The zero-order valence-corrected chi connectivity index (χ0v) is 14.3. The molecule has 1 N–H and O–H groups in total. The molecule has 0 radical (unpaired) electrons. The predicted molar refractivity (Wildman–Crippen MR) is 94.8 cm³/mol. The number of carbonyl (C=O) groups excluding carboxylic acids is 1. The summed E-state index contributed by atoms with van der Waals surface area (Å²) in [5.74, 6) is 1.38. The van der Waals surface area contributed by atoms with Crippen LogP contribution in [0.1, 0.15) is 34.8 Å². The second-order valence-corrected chi connectivity index (χ2v) is 6.46. The summed E-state index contributed by atoms with van der Waals surface area (Å²) in [5, 5.41) is 6.94. The molecule has 27 heavy (non-hydrogen) atoms. The van der Waals surface area contributed by atoms with Gasteiger partial charge >= 0.3 is 0 Å². The van der Waals surface area contributed by atoms with Crippen LogP contribution in [0.2, 0.25) is 0 Å². The quantitative estimate of drug-likeness (QED) is 0.749. The Kier molecular flexibility index (Phi) is 3.70. The van der Waals surface area contributed by atoms with Crippen molar-refractivity contribution in [1.82, 2.24) is 25.1 Å². The molecule has 0 saturated heterocycles. The van der Waals surface area contributed by atoms with Crippen LogP contribution in [-0.2, 0) is 30.5 Å². The van der Waals surface area contributed by atoms with Crippen molar-refractivity contribution >= 4 is 23.1 Å². The molecular formula is C18H15N7O2. The van der Waals surface area contributed by atoms with E-state index in [-0.39, 0.29) is 5.91 Å². The van der Waals surface area contributed by atoms with Gasteiger partial charge in [-0.1, -0.05) is 5.16 Å². The van der Waals surface area contributed by atoms with Gasteiger partial charge in [0.1, 0.15) is 35.6 Å². The number of aryl methyl sites for hydroxylation is 2. The molecular weight excluding hydrogens is 346 g/mol. The van der Waals surface area contributed by atoms with Crippen LogP contribution in [0.5, 0.6) is 0 Å². The molecule has 0 atom stereocenters. The zero-order chi connectivity index (χ0) is 18.2. The van der Waals surface area contributed by atoms with E-state index in [4.69, 9.17) is 4.52 Å². The van der Waals surface area contributed by atoms with Gasteiger partial charge in [-0.15, -0.1) is 0 Å². The summed E-state index contributed by atoms with van der Waals surface area (Å²) in [6, 6.07) is 1.91. The summed E-state index contributed by atoms with van der Waals surface area (Å²) in [5.41, 5.74) is 5.18. The topological polar surface area (TPSA) is 119 Å². The lowest BCUT2D eigenvalue weighted by Gasteiger charge is -2.17. The van der Waals surface area contributed by atoms with Crippen molar-refractivity contribution in [2.75, 3.05) is 5.32 Å². The normalized spacial score (nSPS) is 15.1. The third-order valence-corrected chi connectivity index (χ3v) is 4.72. The van der Waals surface area contributed by atoms with Crippen LogP contribution in [0, 0.1) is 0 Å². The van der Waals surface area contributed by atoms with Crippen LogP contribution in [0.3, 0.4) is 0 Å². The fourth-order valence-electron chi connectivity index (χ4n) is 3.34. The lowest BCUT2D eigenvalue weighted by Crippen LogP contribution is -2.22. The number of amides is 1. The van der Waals surface area contributed by atoms with Gasteiger partial charge < -0.3 is 9.84 Å². The van der Waals surface area contributed by atoms with Crippen molar-refractivity contribution in [3.63, 3.8) is 0 Å². The summed E-state index contributed by atoms with van der Waals surface area (Å²) in [4.78, 5) is 32.8. The number of hydrogen-bond donors (Lipinski definition) is 1. The summed E-state index contributed by atoms with van der Waals surface area (Å²) in [6.07, 6.45) is 7.81. The largest absolute Gasteiger partial charge is 0.361 e. The Bertz CT molecular complexity index is 1070. The average Bonchev–Trinajstić information content (AvgIpc) is 3.32. The zero-order valence-electron chi connectivity index (χ0n) is 14.3. The molecule has 5 rings (SSSR count). The van der Waals surface area contributed by atoms with Gasteiger partial charge in [-0.2, -0.15) is 0 Å². The minimum absolute atomic E-state index is 0.00458. The number of carbonyl (C=O) groups is 1. The summed E-state index contributed by atoms with van der Waals surface area (Å²) in [6.45, 7) is 0. The number of fused-ring (bicyclic) bond motifs is 2. The molecule has 0 saturated carbocycles. The molecule has 5 heterocycles. The van der Waals surface area contributed by atoms with Crippen LogP contribution >= 0.6 is 0 Å². The molecule has 2 aliphatic heterocycles. The Morgan fingerprint density at radius 1 is 1.11 bits per heavy atom. The lowest BCUT2D eigenvalue weighted by molar-refractivity contribution is -0.116. The van der Waals surface area contributed by atoms with Crippen molar-refractivity contribution in [2.24, 2.45) is 4.99 Å². The first kappa shape index (κ1) is 15.7. The van der Waals surface area contributed by atoms with E-state index in [1.54, 1.807) is 6.20 Å². The van der Waals surface area contributed by atoms with Crippen LogP contribution in [0.25, 0.3) is 0 Å². The van der Waals surface area contributed by atoms with E-state index >= 15 is 0 Å². The molecule has 0 spiro atoms. The van der Waals surface area contributed by atoms with Gasteiger partial charge in [-0.3, -0.25) is 4.79 Å². The van der Waals surface area contributed by atoms with Crippen LogP contribution in [0.4, 0.5) is 11.5 Å². The summed E-state index contributed by atoms with van der Waals surface area (Å²) >= 11 is 0. The molecule has 0 aliphatic carbocycles.